The van der Waals surface area contributed by atoms with Gasteiger partial charge in [-0.3, -0.25) is 0 Å². The Morgan fingerprint density at radius 2 is 1.52 bits per heavy atom. The Bertz CT molecular complexity index is 446. The van der Waals surface area contributed by atoms with Gasteiger partial charge in [-0.25, -0.2) is 0 Å². The molecule has 0 aromatic heterocycles. The molecule has 10 nitrogen and oxygen atoms in total. The first kappa shape index (κ1) is 21.3. The van der Waals surface area contributed by atoms with E-state index >= 15 is 0 Å². The van der Waals surface area contributed by atoms with Crippen molar-refractivity contribution in [1.82, 2.24) is 5.32 Å². The van der Waals surface area contributed by atoms with Crippen LogP contribution < -0.4 is 16.8 Å². The van der Waals surface area contributed by atoms with Gasteiger partial charge in [0.25, 0.3) is 0 Å². The van der Waals surface area contributed by atoms with Crippen molar-refractivity contribution in [3.8, 4) is 0 Å². The molecule has 0 radical (unpaired) electrons. The molecule has 0 rings (SSSR count). The number of carboxylic acids is 3. The fourth-order valence-corrected chi connectivity index (χ4v) is 3.76. The van der Waals surface area contributed by atoms with E-state index in [1.807, 2.05) is 0 Å². The first-order valence-corrected chi connectivity index (χ1v) is 9.13. The molecule has 3 atom stereocenters. The zero-order chi connectivity index (χ0) is 18.0. The molecule has 0 saturated carbocycles. The third-order valence-electron chi connectivity index (χ3n) is 2.85. The maximum absolute atomic E-state index is 11.2. The van der Waals surface area contributed by atoms with E-state index in [4.69, 9.17) is 26.8 Å². The Hall–Kier alpha value is -1.68. The average Bonchev–Trinajstić information content (AvgIpc) is 2.43. The summed E-state index contributed by atoms with van der Waals surface area (Å²) in [5, 5.41) is 29.9. The van der Waals surface area contributed by atoms with E-state index in [1.54, 1.807) is 0 Å². The number of nitrogens with one attached hydrogen (secondary N) is 1. The van der Waals surface area contributed by atoms with Gasteiger partial charge in [0, 0.05) is 0 Å². The van der Waals surface area contributed by atoms with Gasteiger partial charge in [0.05, 0.1) is 0 Å². The molecule has 0 aromatic rings. The number of carbonyl (C=O) groups excluding carboxylic acids is 1. The second-order valence-electron chi connectivity index (χ2n) is 4.76. The number of amides is 1. The molecule has 8 N–H and O–H groups in total. The Balaban J connectivity index is 4.42. The van der Waals surface area contributed by atoms with Crippen LogP contribution in [0.2, 0.25) is 10.6 Å². The predicted octanol–water partition coefficient (Wildman–Crippen LogP) is -1.91. The molecule has 132 valence electrons. The first-order chi connectivity index (χ1) is 10.6. The number of aliphatic carboxylic acids is 3. The van der Waals surface area contributed by atoms with Crippen LogP contribution in [0.25, 0.3) is 0 Å². The Labute approximate surface area is 138 Å². The van der Waals surface area contributed by atoms with Gasteiger partial charge < -0.3 is 0 Å². The van der Waals surface area contributed by atoms with Gasteiger partial charge in [0.15, 0.2) is 0 Å². The normalized spacial score (nSPS) is 14.7. The van der Waals surface area contributed by atoms with E-state index in [9.17, 15) is 19.2 Å². The van der Waals surface area contributed by atoms with Crippen LogP contribution in [-0.4, -0.2) is 72.2 Å². The number of hydrogen-bond donors (Lipinski definition) is 6. The van der Waals surface area contributed by atoms with Crippen molar-refractivity contribution < 1.29 is 34.5 Å². The minimum absolute atomic E-state index is 0.106. The molecule has 0 bridgehead atoms. The van der Waals surface area contributed by atoms with Gasteiger partial charge in [0.2, 0.25) is 0 Å². The van der Waals surface area contributed by atoms with Crippen molar-refractivity contribution in [2.24, 2.45) is 11.5 Å². The quantitative estimate of drug-likeness (QED) is 0.152. The van der Waals surface area contributed by atoms with Crippen LogP contribution in [0.15, 0.2) is 0 Å². The summed E-state index contributed by atoms with van der Waals surface area (Å²) in [5.41, 5.74) is 10.3. The Morgan fingerprint density at radius 3 is 1.96 bits per heavy atom. The van der Waals surface area contributed by atoms with Crippen molar-refractivity contribution >= 4 is 38.8 Å². The van der Waals surface area contributed by atoms with Crippen molar-refractivity contribution in [3.63, 3.8) is 0 Å². The van der Waals surface area contributed by atoms with Gasteiger partial charge >= 0.3 is 138 Å². The molecule has 0 aliphatic heterocycles. The van der Waals surface area contributed by atoms with Crippen LogP contribution in [0.5, 0.6) is 0 Å². The Kier molecular flexibility index (Phi) is 10.1. The number of primary amides is 1. The van der Waals surface area contributed by atoms with Crippen molar-refractivity contribution in [1.29, 1.82) is 0 Å². The van der Waals surface area contributed by atoms with Gasteiger partial charge in [-0.15, -0.1) is 0 Å². The molecule has 11 heteroatoms. The molecule has 0 aliphatic rings. The van der Waals surface area contributed by atoms with Crippen molar-refractivity contribution in [3.05, 3.63) is 0 Å². The van der Waals surface area contributed by atoms with Gasteiger partial charge in [-0.2, -0.15) is 0 Å². The van der Waals surface area contributed by atoms with E-state index in [0.717, 1.165) is 0 Å². The number of rotatable bonds is 13. The van der Waals surface area contributed by atoms with Crippen molar-refractivity contribution in [2.45, 2.75) is 48.0 Å². The van der Waals surface area contributed by atoms with Gasteiger partial charge in [-0.1, -0.05) is 0 Å². The van der Waals surface area contributed by atoms with E-state index in [1.165, 1.54) is 0 Å². The number of carbonyl (C=O) groups is 4. The summed E-state index contributed by atoms with van der Waals surface area (Å²) in [6.45, 7) is 0. The van der Waals surface area contributed by atoms with Crippen LogP contribution in [0.3, 0.4) is 0 Å². The first-order valence-electron chi connectivity index (χ1n) is 6.71. The molecule has 0 aromatic carbocycles. The average molecular weight is 398 g/mol. The summed E-state index contributed by atoms with van der Waals surface area (Å²) in [6, 6.07) is -3.28. The van der Waals surface area contributed by atoms with Crippen LogP contribution in [0.4, 0.5) is 0 Å². The predicted molar refractivity (Wildman–Crippen MR) is 80.0 cm³/mol. The molecule has 0 saturated heterocycles. The third kappa shape index (κ3) is 9.84. The molecule has 0 heterocycles. The van der Waals surface area contributed by atoms with E-state index in [-0.39, 0.29) is 39.5 Å². The summed E-state index contributed by atoms with van der Waals surface area (Å²) < 4.78 is 0. The van der Waals surface area contributed by atoms with Crippen LogP contribution in [0, 0.1) is 0 Å². The second-order valence-corrected chi connectivity index (χ2v) is 7.17. The molecule has 0 fully saturated rings. The fraction of sp³-hybridized carbons (Fsp3) is 0.667. The van der Waals surface area contributed by atoms with Crippen LogP contribution in [0.1, 0.15) is 19.3 Å². The monoisotopic (exact) mass is 399 g/mol. The summed E-state index contributed by atoms with van der Waals surface area (Å²) >= 11 is -0.212. The SMILES string of the molecule is NC(=O)CCC(NC(C[Se]CCC(N)C(=O)O)C(=O)O)C(=O)O. The standard InChI is InChI=1S/C12H21N3O7Se/c13-6(10(17)18)3-4-23-5-8(12(21)22)15-7(11(19)20)1-2-9(14)16/h6-8,15H,1-5,13H2,(H2,14,16)(H,17,18)(H,19,20)(H,21,22). The number of hydrogen-bond acceptors (Lipinski definition) is 6. The summed E-state index contributed by atoms with van der Waals surface area (Å²) in [4.78, 5) is 43.5. The van der Waals surface area contributed by atoms with Gasteiger partial charge in [0.1, 0.15) is 0 Å². The van der Waals surface area contributed by atoms with Gasteiger partial charge in [-0.05, 0) is 0 Å². The molecular weight excluding hydrogens is 377 g/mol. The maximum atomic E-state index is 11.2. The molecular formula is C12H21N3O7Se. The molecule has 0 spiro atoms. The van der Waals surface area contributed by atoms with Crippen LogP contribution >= 0.6 is 0 Å². The number of carboxylic acid groups (broad SMARTS) is 3. The van der Waals surface area contributed by atoms with E-state index < -0.39 is 41.9 Å². The molecule has 0 aliphatic carbocycles. The summed E-state index contributed by atoms with van der Waals surface area (Å²) in [7, 11) is 0. The molecule has 23 heavy (non-hydrogen) atoms. The zero-order valence-corrected chi connectivity index (χ0v) is 14.0. The van der Waals surface area contributed by atoms with Crippen molar-refractivity contribution in [2.75, 3.05) is 0 Å². The third-order valence-corrected chi connectivity index (χ3v) is 5.15. The minimum atomic E-state index is -1.27. The fourth-order valence-electron chi connectivity index (χ4n) is 1.53. The zero-order valence-electron chi connectivity index (χ0n) is 12.3. The van der Waals surface area contributed by atoms with E-state index in [2.05, 4.69) is 5.32 Å². The number of nitrogens with two attached hydrogens (primary N) is 2. The van der Waals surface area contributed by atoms with E-state index in [0.29, 0.717) is 5.32 Å². The summed E-state index contributed by atoms with van der Waals surface area (Å²) in [6.07, 6.45) is -0.0496. The summed E-state index contributed by atoms with van der Waals surface area (Å²) in [5.74, 6) is -4.26. The topological polar surface area (TPSA) is 193 Å². The molecule has 3 unspecified atom stereocenters. The Morgan fingerprint density at radius 1 is 0.957 bits per heavy atom. The molecule has 1 amide bonds. The second kappa shape index (κ2) is 10.9. The van der Waals surface area contributed by atoms with Crippen LogP contribution in [-0.2, 0) is 19.2 Å².